The fourth-order valence-electron chi connectivity index (χ4n) is 9.34. The van der Waals surface area contributed by atoms with Crippen LogP contribution in [0.1, 0.15) is 335 Å². The second-order valence-electron chi connectivity index (χ2n) is 21.3. The van der Waals surface area contributed by atoms with E-state index in [2.05, 4.69) is 69.4 Å². The van der Waals surface area contributed by atoms with Crippen LogP contribution in [-0.2, 0) is 28.6 Å². The Morgan fingerprint density at radius 2 is 0.542 bits per heavy atom. The molecule has 0 rings (SSSR count). The standard InChI is InChI=1S/C66H120O6/c1-4-7-10-13-16-19-22-25-26-27-28-29-30-31-32-33-34-35-36-37-38-39-40-42-44-47-50-53-56-59-65(68)71-62-63(61-70-64(67)58-55-52-49-46-43-24-21-18-15-12-9-6-3)72-66(69)60-57-54-51-48-45-41-23-20-17-14-11-8-5-2/h8,11,17-18,20-21,41,45,63H,4-7,9-10,12-16,19,22-40,42-44,46-62H2,1-3H3/b11-8-,20-17-,21-18-,45-41-. The molecule has 0 aliphatic heterocycles. The van der Waals surface area contributed by atoms with Crippen LogP contribution in [0.3, 0.4) is 0 Å². The molecule has 1 atom stereocenters. The molecule has 420 valence electrons. The zero-order valence-corrected chi connectivity index (χ0v) is 48.2. The van der Waals surface area contributed by atoms with E-state index in [1.807, 2.05) is 0 Å². The first kappa shape index (κ1) is 69.4. The Labute approximate surface area is 448 Å². The molecule has 0 amide bonds. The molecule has 0 aliphatic carbocycles. The van der Waals surface area contributed by atoms with E-state index < -0.39 is 6.10 Å². The highest BCUT2D eigenvalue weighted by Crippen LogP contribution is 2.18. The maximum absolute atomic E-state index is 12.8. The minimum absolute atomic E-state index is 0.0847. The number of ether oxygens (including phenoxy) is 3. The van der Waals surface area contributed by atoms with Gasteiger partial charge in [0, 0.05) is 19.3 Å². The SMILES string of the molecule is CC/C=C\C/C=C\C/C=C\CCCCCC(=O)OC(COC(=O)CCCCCCC/C=C\CCCCC)COC(=O)CCCCCCCCCCCCCCCCCCCCCCCCCCCCCCC. The third-order valence-electron chi connectivity index (χ3n) is 14.1. The number of esters is 3. The Hall–Kier alpha value is -2.63. The van der Waals surface area contributed by atoms with Gasteiger partial charge in [-0.15, -0.1) is 0 Å². The topological polar surface area (TPSA) is 78.9 Å². The summed E-state index contributed by atoms with van der Waals surface area (Å²) in [4.78, 5) is 38.1. The molecule has 0 radical (unpaired) electrons. The van der Waals surface area contributed by atoms with E-state index in [9.17, 15) is 14.4 Å². The van der Waals surface area contributed by atoms with Gasteiger partial charge in [0.15, 0.2) is 6.10 Å². The average Bonchev–Trinajstić information content (AvgIpc) is 3.38. The van der Waals surface area contributed by atoms with Crippen molar-refractivity contribution >= 4 is 17.9 Å². The van der Waals surface area contributed by atoms with Gasteiger partial charge in [-0.3, -0.25) is 14.4 Å². The quantitative estimate of drug-likeness (QED) is 0.0261. The molecule has 0 aromatic rings. The van der Waals surface area contributed by atoms with Gasteiger partial charge in [0.2, 0.25) is 0 Å². The summed E-state index contributed by atoms with van der Waals surface area (Å²) in [6, 6.07) is 0. The molecule has 0 saturated carbocycles. The summed E-state index contributed by atoms with van der Waals surface area (Å²) in [7, 11) is 0. The Morgan fingerprint density at radius 3 is 0.903 bits per heavy atom. The first-order valence-corrected chi connectivity index (χ1v) is 31.6. The Balaban J connectivity index is 4.12. The highest BCUT2D eigenvalue weighted by atomic mass is 16.6. The molecule has 6 nitrogen and oxygen atoms in total. The van der Waals surface area contributed by atoms with E-state index in [4.69, 9.17) is 14.2 Å². The molecule has 0 aromatic carbocycles. The number of hydrogen-bond acceptors (Lipinski definition) is 6. The second-order valence-corrected chi connectivity index (χ2v) is 21.3. The van der Waals surface area contributed by atoms with Gasteiger partial charge in [-0.25, -0.2) is 0 Å². The van der Waals surface area contributed by atoms with Crippen LogP contribution < -0.4 is 0 Å². The van der Waals surface area contributed by atoms with E-state index in [1.165, 1.54) is 205 Å². The van der Waals surface area contributed by atoms with Crippen LogP contribution in [0, 0.1) is 0 Å². The number of allylic oxidation sites excluding steroid dienone is 8. The van der Waals surface area contributed by atoms with Crippen LogP contribution in [0.2, 0.25) is 0 Å². The molecule has 0 aliphatic rings. The highest BCUT2D eigenvalue weighted by Gasteiger charge is 2.19. The van der Waals surface area contributed by atoms with E-state index >= 15 is 0 Å². The molecule has 72 heavy (non-hydrogen) atoms. The second kappa shape index (κ2) is 60.9. The lowest BCUT2D eigenvalue weighted by Crippen LogP contribution is -2.30. The molecule has 0 heterocycles. The van der Waals surface area contributed by atoms with Crippen molar-refractivity contribution in [2.75, 3.05) is 13.2 Å². The minimum atomic E-state index is -0.789. The van der Waals surface area contributed by atoms with E-state index in [0.29, 0.717) is 19.3 Å². The summed E-state index contributed by atoms with van der Waals surface area (Å²) in [6.07, 6.45) is 75.8. The van der Waals surface area contributed by atoms with Gasteiger partial charge in [-0.1, -0.05) is 288 Å². The predicted molar refractivity (Wildman–Crippen MR) is 312 cm³/mol. The van der Waals surface area contributed by atoms with Gasteiger partial charge < -0.3 is 14.2 Å². The monoisotopic (exact) mass is 1010 g/mol. The summed E-state index contributed by atoms with van der Waals surface area (Å²) in [5.74, 6) is -0.909. The lowest BCUT2D eigenvalue weighted by Gasteiger charge is -2.18. The van der Waals surface area contributed by atoms with Crippen molar-refractivity contribution in [1.82, 2.24) is 0 Å². The van der Waals surface area contributed by atoms with E-state index in [0.717, 1.165) is 89.9 Å². The van der Waals surface area contributed by atoms with Gasteiger partial charge in [0.05, 0.1) is 0 Å². The van der Waals surface area contributed by atoms with Crippen molar-refractivity contribution in [3.8, 4) is 0 Å². The number of carbonyl (C=O) groups is 3. The van der Waals surface area contributed by atoms with Crippen LogP contribution in [0.5, 0.6) is 0 Å². The third-order valence-corrected chi connectivity index (χ3v) is 14.1. The number of rotatable bonds is 58. The van der Waals surface area contributed by atoms with Crippen molar-refractivity contribution in [2.45, 2.75) is 341 Å². The summed E-state index contributed by atoms with van der Waals surface area (Å²) in [5, 5.41) is 0. The normalized spacial score (nSPS) is 12.3. The molecule has 0 N–H and O–H groups in total. The predicted octanol–water partition coefficient (Wildman–Crippen LogP) is 21.4. The van der Waals surface area contributed by atoms with Gasteiger partial charge >= 0.3 is 17.9 Å². The maximum Gasteiger partial charge on any atom is 0.306 e. The first-order chi connectivity index (χ1) is 35.5. The van der Waals surface area contributed by atoms with Gasteiger partial charge in [-0.2, -0.15) is 0 Å². The Morgan fingerprint density at radius 1 is 0.292 bits per heavy atom. The van der Waals surface area contributed by atoms with Crippen molar-refractivity contribution in [1.29, 1.82) is 0 Å². The molecule has 0 aromatic heterocycles. The van der Waals surface area contributed by atoms with E-state index in [-0.39, 0.29) is 31.1 Å². The molecule has 0 fully saturated rings. The molecular formula is C66H120O6. The lowest BCUT2D eigenvalue weighted by atomic mass is 10.0. The Bertz CT molecular complexity index is 1250. The van der Waals surface area contributed by atoms with E-state index in [1.54, 1.807) is 0 Å². The van der Waals surface area contributed by atoms with Crippen LogP contribution in [-0.4, -0.2) is 37.2 Å². The summed E-state index contributed by atoms with van der Waals surface area (Å²) in [5.41, 5.74) is 0. The molecule has 1 unspecified atom stereocenters. The van der Waals surface area contributed by atoms with Crippen LogP contribution in [0.25, 0.3) is 0 Å². The molecule has 0 bridgehead atoms. The summed E-state index contributed by atoms with van der Waals surface area (Å²) >= 11 is 0. The molecule has 0 saturated heterocycles. The molecular weight excluding hydrogens is 889 g/mol. The van der Waals surface area contributed by atoms with Gasteiger partial charge in [0.25, 0.3) is 0 Å². The summed E-state index contributed by atoms with van der Waals surface area (Å²) < 4.78 is 16.8. The van der Waals surface area contributed by atoms with Crippen molar-refractivity contribution in [3.63, 3.8) is 0 Å². The average molecular weight is 1010 g/mol. The third kappa shape index (κ3) is 58.3. The molecule has 6 heteroatoms. The zero-order chi connectivity index (χ0) is 52.2. The van der Waals surface area contributed by atoms with Gasteiger partial charge in [-0.05, 0) is 77.0 Å². The minimum Gasteiger partial charge on any atom is -0.462 e. The number of unbranched alkanes of at least 4 members (excludes halogenated alkanes) is 39. The van der Waals surface area contributed by atoms with Crippen molar-refractivity contribution < 1.29 is 28.6 Å². The zero-order valence-electron chi connectivity index (χ0n) is 48.2. The van der Waals surface area contributed by atoms with Crippen LogP contribution in [0.4, 0.5) is 0 Å². The maximum atomic E-state index is 12.8. The summed E-state index contributed by atoms with van der Waals surface area (Å²) in [6.45, 7) is 6.51. The van der Waals surface area contributed by atoms with Crippen LogP contribution in [0.15, 0.2) is 48.6 Å². The fraction of sp³-hybridized carbons (Fsp3) is 0.833. The lowest BCUT2D eigenvalue weighted by molar-refractivity contribution is -0.167. The fourth-order valence-corrected chi connectivity index (χ4v) is 9.34. The number of carbonyl (C=O) groups excluding carboxylic acids is 3. The smallest absolute Gasteiger partial charge is 0.306 e. The van der Waals surface area contributed by atoms with Crippen molar-refractivity contribution in [2.24, 2.45) is 0 Å². The van der Waals surface area contributed by atoms with Gasteiger partial charge in [0.1, 0.15) is 13.2 Å². The Kier molecular flexibility index (Phi) is 58.7. The highest BCUT2D eigenvalue weighted by molar-refractivity contribution is 5.71. The number of hydrogen-bond donors (Lipinski definition) is 0. The van der Waals surface area contributed by atoms with Crippen LogP contribution >= 0.6 is 0 Å². The largest absolute Gasteiger partial charge is 0.462 e. The first-order valence-electron chi connectivity index (χ1n) is 31.6. The molecule has 0 spiro atoms. The van der Waals surface area contributed by atoms with Crippen molar-refractivity contribution in [3.05, 3.63) is 48.6 Å².